The van der Waals surface area contributed by atoms with Gasteiger partial charge in [-0.05, 0) is 36.6 Å². The highest BCUT2D eigenvalue weighted by molar-refractivity contribution is 8.00. The molecule has 4 N–H and O–H groups in total. The van der Waals surface area contributed by atoms with E-state index < -0.39 is 114 Å². The van der Waals surface area contributed by atoms with Crippen molar-refractivity contribution in [3.8, 4) is 11.3 Å². The van der Waals surface area contributed by atoms with Crippen molar-refractivity contribution in [2.75, 3.05) is 6.61 Å². The first-order valence-electron chi connectivity index (χ1n) is 13.7. The normalized spacial score (nSPS) is 27.3. The van der Waals surface area contributed by atoms with E-state index in [1.54, 1.807) is 0 Å². The Labute approximate surface area is 254 Å². The summed E-state index contributed by atoms with van der Waals surface area (Å²) in [6.07, 6.45) is -11.6. The van der Waals surface area contributed by atoms with Crippen LogP contribution in [0.4, 0.5) is 35.1 Å². The van der Waals surface area contributed by atoms with Gasteiger partial charge in [-0.3, -0.25) is 0 Å². The third kappa shape index (κ3) is 6.69. The molecule has 0 bridgehead atoms. The number of nitrogens with zero attached hydrogens (tertiary/aromatic N) is 3. The zero-order valence-electron chi connectivity index (χ0n) is 23.0. The van der Waals surface area contributed by atoms with Gasteiger partial charge in [0.2, 0.25) is 5.92 Å². The van der Waals surface area contributed by atoms with E-state index in [9.17, 15) is 55.5 Å². The van der Waals surface area contributed by atoms with Crippen LogP contribution in [0.1, 0.15) is 48.1 Å². The zero-order chi connectivity index (χ0) is 32.9. The quantitative estimate of drug-likeness (QED) is 0.210. The van der Waals surface area contributed by atoms with Crippen molar-refractivity contribution in [1.82, 2.24) is 15.0 Å². The maximum atomic E-state index is 14.1. The van der Waals surface area contributed by atoms with Crippen LogP contribution in [0.5, 0.6) is 0 Å². The molecule has 1 saturated heterocycles. The van der Waals surface area contributed by atoms with Gasteiger partial charge in [-0.15, -0.1) is 16.9 Å². The second-order valence-corrected chi connectivity index (χ2v) is 12.3. The lowest BCUT2D eigenvalue weighted by Gasteiger charge is -2.46. The fourth-order valence-electron chi connectivity index (χ4n) is 5.67. The number of ether oxygens (including phenoxy) is 1. The fourth-order valence-corrected chi connectivity index (χ4v) is 7.31. The Morgan fingerprint density at radius 3 is 2.22 bits per heavy atom. The Kier molecular flexibility index (Phi) is 9.25. The highest BCUT2D eigenvalue weighted by Crippen LogP contribution is 2.54. The summed E-state index contributed by atoms with van der Waals surface area (Å²) in [7, 11) is 0. The first-order valence-corrected chi connectivity index (χ1v) is 14.6. The van der Waals surface area contributed by atoms with Gasteiger partial charge in [-0.25, -0.2) is 26.6 Å². The highest BCUT2D eigenvalue weighted by atomic mass is 32.2. The Hall–Kier alpha value is -2.83. The predicted octanol–water partition coefficient (Wildman–Crippen LogP) is 4.78. The van der Waals surface area contributed by atoms with Crippen molar-refractivity contribution in [3.05, 3.63) is 71.2 Å². The SMILES string of the molecule is OC[C@H]1O[C@@H](S[C@@H](c2ccccc2C(F)(F)F)C2(O)CCC(F)(F)CC2)[C@H](O)[C@@H](n2cc(-c3cc(F)c(F)c(F)c3)nn2)[C@H]1O. The summed E-state index contributed by atoms with van der Waals surface area (Å²) in [6, 6.07) is 4.00. The van der Waals surface area contributed by atoms with Gasteiger partial charge in [0, 0.05) is 18.4 Å². The second kappa shape index (κ2) is 12.4. The minimum absolute atomic E-state index is 0.210. The molecule has 2 fully saturated rings. The lowest BCUT2D eigenvalue weighted by molar-refractivity contribution is -0.179. The van der Waals surface area contributed by atoms with E-state index in [-0.39, 0.29) is 11.3 Å². The standard InChI is InChI=1S/C28H27F8N3O5S/c29-16-9-13(10-17(30)20(16)31)18-11-39(38-37-18)21-22(41)19(12-40)44-25(23(21)42)45-24(26(43)5-7-27(32,33)8-6-26)14-3-1-2-4-15(14)28(34,35)36/h1-4,9-11,19,21-25,40-43H,5-8,12H2/t19-,21+,22+,23-,24+,25+/m1/s1. The number of aliphatic hydroxyl groups excluding tert-OH is 3. The molecule has 2 heterocycles. The van der Waals surface area contributed by atoms with Crippen LogP contribution in [0.2, 0.25) is 0 Å². The third-order valence-electron chi connectivity index (χ3n) is 8.10. The van der Waals surface area contributed by atoms with Crippen molar-refractivity contribution in [2.45, 2.75) is 78.4 Å². The zero-order valence-corrected chi connectivity index (χ0v) is 23.8. The molecule has 246 valence electrons. The molecule has 2 aromatic carbocycles. The van der Waals surface area contributed by atoms with Gasteiger partial charge < -0.3 is 25.2 Å². The average Bonchev–Trinajstić information content (AvgIpc) is 3.46. The van der Waals surface area contributed by atoms with Crippen molar-refractivity contribution in [1.29, 1.82) is 0 Å². The first kappa shape index (κ1) is 33.5. The maximum Gasteiger partial charge on any atom is 0.416 e. The molecule has 3 aromatic rings. The molecular weight excluding hydrogens is 642 g/mol. The molecule has 1 saturated carbocycles. The van der Waals surface area contributed by atoms with Gasteiger partial charge in [0.1, 0.15) is 35.5 Å². The number of alkyl halides is 5. The van der Waals surface area contributed by atoms with E-state index in [0.717, 1.165) is 29.1 Å². The largest absolute Gasteiger partial charge is 0.416 e. The molecule has 0 spiro atoms. The number of halogens is 8. The van der Waals surface area contributed by atoms with Crippen LogP contribution in [0.15, 0.2) is 42.6 Å². The Bertz CT molecular complexity index is 1490. The number of thioether (sulfide) groups is 1. The molecule has 1 aliphatic carbocycles. The number of rotatable bonds is 7. The second-order valence-electron chi connectivity index (χ2n) is 11.1. The van der Waals surface area contributed by atoms with Gasteiger partial charge in [-0.1, -0.05) is 23.4 Å². The van der Waals surface area contributed by atoms with Crippen LogP contribution >= 0.6 is 11.8 Å². The molecule has 1 aromatic heterocycles. The molecule has 17 heteroatoms. The smallest absolute Gasteiger partial charge is 0.394 e. The van der Waals surface area contributed by atoms with Crippen LogP contribution in [0.3, 0.4) is 0 Å². The Morgan fingerprint density at radius 1 is 1.00 bits per heavy atom. The summed E-state index contributed by atoms with van der Waals surface area (Å²) in [5.74, 6) is -7.92. The highest BCUT2D eigenvalue weighted by Gasteiger charge is 2.53. The minimum Gasteiger partial charge on any atom is -0.394 e. The molecule has 0 unspecified atom stereocenters. The summed E-state index contributed by atoms with van der Waals surface area (Å²) in [6.45, 7) is -0.850. The Balaban J connectivity index is 1.52. The minimum atomic E-state index is -4.90. The van der Waals surface area contributed by atoms with Gasteiger partial charge in [0.25, 0.3) is 0 Å². The average molecular weight is 670 g/mol. The number of hydrogen-bond donors (Lipinski definition) is 4. The van der Waals surface area contributed by atoms with E-state index in [4.69, 9.17) is 4.74 Å². The Morgan fingerprint density at radius 2 is 1.62 bits per heavy atom. The summed E-state index contributed by atoms with van der Waals surface area (Å²) in [5.41, 5.74) is -5.76. The number of aliphatic hydroxyl groups is 4. The van der Waals surface area contributed by atoms with Crippen LogP contribution < -0.4 is 0 Å². The van der Waals surface area contributed by atoms with Crippen LogP contribution in [0, 0.1) is 17.5 Å². The molecule has 0 amide bonds. The van der Waals surface area contributed by atoms with Crippen molar-refractivity contribution < 1.29 is 60.3 Å². The summed E-state index contributed by atoms with van der Waals surface area (Å²) < 4.78 is 118. The number of hydrogen-bond acceptors (Lipinski definition) is 8. The predicted molar refractivity (Wildman–Crippen MR) is 142 cm³/mol. The molecular formula is C28H27F8N3O5S. The van der Waals surface area contributed by atoms with Crippen LogP contribution in [-0.2, 0) is 10.9 Å². The van der Waals surface area contributed by atoms with Gasteiger partial charge >= 0.3 is 6.18 Å². The molecule has 8 nitrogen and oxygen atoms in total. The van der Waals surface area contributed by atoms with Crippen molar-refractivity contribution >= 4 is 11.8 Å². The van der Waals surface area contributed by atoms with Gasteiger partial charge in [0.15, 0.2) is 17.5 Å². The third-order valence-corrected chi connectivity index (χ3v) is 9.72. The summed E-state index contributed by atoms with van der Waals surface area (Å²) in [4.78, 5) is 0. The van der Waals surface area contributed by atoms with E-state index in [2.05, 4.69) is 10.3 Å². The fraction of sp³-hybridized carbons (Fsp3) is 0.500. The number of benzene rings is 2. The van der Waals surface area contributed by atoms with Crippen LogP contribution in [0.25, 0.3) is 11.3 Å². The molecule has 6 atom stereocenters. The summed E-state index contributed by atoms with van der Waals surface area (Å²) >= 11 is 0.499. The molecule has 0 radical (unpaired) electrons. The topological polar surface area (TPSA) is 121 Å². The van der Waals surface area contributed by atoms with E-state index in [0.29, 0.717) is 23.9 Å². The lowest BCUT2D eigenvalue weighted by Crippen LogP contribution is -2.55. The molecule has 5 rings (SSSR count). The molecule has 45 heavy (non-hydrogen) atoms. The lowest BCUT2D eigenvalue weighted by atomic mass is 9.77. The molecule has 1 aliphatic heterocycles. The maximum absolute atomic E-state index is 14.1. The van der Waals surface area contributed by atoms with E-state index in [1.807, 2.05) is 0 Å². The summed E-state index contributed by atoms with van der Waals surface area (Å²) in [5, 5.41) is 49.8. The van der Waals surface area contributed by atoms with Gasteiger partial charge in [0.05, 0.1) is 29.2 Å². The van der Waals surface area contributed by atoms with Crippen LogP contribution in [-0.4, -0.2) is 77.3 Å². The first-order chi connectivity index (χ1) is 21.0. The van der Waals surface area contributed by atoms with E-state index in [1.165, 1.54) is 6.07 Å². The van der Waals surface area contributed by atoms with E-state index >= 15 is 0 Å². The van der Waals surface area contributed by atoms with Crippen molar-refractivity contribution in [2.24, 2.45) is 0 Å². The van der Waals surface area contributed by atoms with Gasteiger partial charge in [-0.2, -0.15) is 13.2 Å². The van der Waals surface area contributed by atoms with Crippen molar-refractivity contribution in [3.63, 3.8) is 0 Å². The monoisotopic (exact) mass is 669 g/mol. The molecule has 2 aliphatic rings. The number of aromatic nitrogens is 3.